The minimum Gasteiger partial charge on any atom is -0.464 e. The van der Waals surface area contributed by atoms with Crippen molar-refractivity contribution < 1.29 is 32.3 Å². The lowest BCUT2D eigenvalue weighted by Gasteiger charge is -2.33. The Morgan fingerprint density at radius 1 is 1.09 bits per heavy atom. The second kappa shape index (κ2) is 14.5. The molecule has 2 aliphatic rings. The number of rotatable bonds is 13. The highest BCUT2D eigenvalue weighted by atomic mass is 32.2. The average Bonchev–Trinajstić information content (AvgIpc) is 3.82. The van der Waals surface area contributed by atoms with E-state index in [-0.39, 0.29) is 42.6 Å². The van der Waals surface area contributed by atoms with Gasteiger partial charge in [0.25, 0.3) is 0 Å². The number of piperidine rings is 1. The first-order chi connectivity index (χ1) is 20.9. The molecule has 15 heteroatoms. The number of guanidine groups is 1. The van der Waals surface area contributed by atoms with Gasteiger partial charge in [-0.2, -0.15) is 4.72 Å². The fourth-order valence-corrected chi connectivity index (χ4v) is 6.35. The molecule has 44 heavy (non-hydrogen) atoms. The summed E-state index contributed by atoms with van der Waals surface area (Å²) in [5.41, 5.74) is 5.61. The van der Waals surface area contributed by atoms with E-state index in [0.29, 0.717) is 44.2 Å². The van der Waals surface area contributed by atoms with Gasteiger partial charge in [-0.1, -0.05) is 30.3 Å². The lowest BCUT2D eigenvalue weighted by molar-refractivity contribution is -0.141. The molecule has 2 aromatic carbocycles. The maximum atomic E-state index is 13.9. The van der Waals surface area contributed by atoms with Gasteiger partial charge in [0, 0.05) is 32.1 Å². The molecule has 1 saturated carbocycles. The number of nitrogens with zero attached hydrogens (tertiary/aromatic N) is 2. The molecule has 1 aliphatic carbocycles. The number of esters is 1. The summed E-state index contributed by atoms with van der Waals surface area (Å²) < 4.78 is 34.4. The first kappa shape index (κ1) is 32.7. The van der Waals surface area contributed by atoms with Gasteiger partial charge in [0.2, 0.25) is 27.7 Å². The van der Waals surface area contributed by atoms with Crippen molar-refractivity contribution in [2.24, 2.45) is 5.73 Å². The summed E-state index contributed by atoms with van der Waals surface area (Å²) in [5, 5.41) is 14.6. The zero-order valence-electron chi connectivity index (χ0n) is 24.6. The summed E-state index contributed by atoms with van der Waals surface area (Å²) in [7, 11) is -4.27. The Morgan fingerprint density at radius 2 is 1.82 bits per heavy atom. The normalized spacial score (nSPS) is 17.4. The first-order valence-corrected chi connectivity index (χ1v) is 16.0. The molecular formula is C29H39N7O7S. The second-order valence-corrected chi connectivity index (χ2v) is 12.7. The third-order valence-electron chi connectivity index (χ3n) is 7.46. The number of fused-ring (bicyclic) bond motifs is 1. The standard InChI is InChI=1S/C29H39N7O7S/c1-19(37)43-14-12-32-27(39)18-36(23-9-10-23)28(40)25(16-26(38)33-22-7-4-13-35(17-22)29(30)31)34-44(41,42)24-11-8-20-5-2-3-6-21(20)15-24/h2-3,5-6,8,11,15,22-23,25,34H,4,7,9-10,12-14,16-18H2,1H3,(H3,30,31)(H,32,39)(H,33,38)/t22-,25-/m0/s1. The van der Waals surface area contributed by atoms with Crippen LogP contribution >= 0.6 is 0 Å². The number of likely N-dealkylation sites (tertiary alicyclic amines) is 1. The molecule has 2 atom stereocenters. The lowest BCUT2D eigenvalue weighted by atomic mass is 10.1. The predicted octanol–water partition coefficient (Wildman–Crippen LogP) is 0.0212. The van der Waals surface area contributed by atoms with Gasteiger partial charge in [-0.05, 0) is 48.6 Å². The van der Waals surface area contributed by atoms with Gasteiger partial charge in [0.15, 0.2) is 5.96 Å². The van der Waals surface area contributed by atoms with E-state index in [1.165, 1.54) is 24.0 Å². The molecule has 3 amide bonds. The minimum absolute atomic E-state index is 0.0327. The van der Waals surface area contributed by atoms with E-state index in [1.807, 2.05) is 12.1 Å². The summed E-state index contributed by atoms with van der Waals surface area (Å²) in [5.74, 6) is -2.36. The van der Waals surface area contributed by atoms with Crippen molar-refractivity contribution in [2.45, 2.75) is 62.0 Å². The molecule has 1 aliphatic heterocycles. The fraction of sp³-hybridized carbons (Fsp3) is 0.483. The number of benzene rings is 2. The highest BCUT2D eigenvalue weighted by Crippen LogP contribution is 2.28. The average molecular weight is 630 g/mol. The van der Waals surface area contributed by atoms with E-state index in [2.05, 4.69) is 15.4 Å². The van der Waals surface area contributed by atoms with E-state index < -0.39 is 46.2 Å². The molecule has 6 N–H and O–H groups in total. The molecule has 0 radical (unpaired) electrons. The largest absolute Gasteiger partial charge is 0.464 e. The van der Waals surface area contributed by atoms with E-state index in [4.69, 9.17) is 15.9 Å². The molecule has 0 spiro atoms. The summed E-state index contributed by atoms with van der Waals surface area (Å²) >= 11 is 0. The van der Waals surface area contributed by atoms with Gasteiger partial charge in [0.1, 0.15) is 12.6 Å². The number of carbonyl (C=O) groups is 4. The fourth-order valence-electron chi connectivity index (χ4n) is 5.12. The van der Waals surface area contributed by atoms with Crippen LogP contribution < -0.4 is 21.1 Å². The van der Waals surface area contributed by atoms with Gasteiger partial charge >= 0.3 is 5.97 Å². The van der Waals surface area contributed by atoms with Crippen molar-refractivity contribution in [1.82, 2.24) is 25.2 Å². The summed E-state index contributed by atoms with van der Waals surface area (Å²) in [6.45, 7) is 1.82. The molecule has 2 fully saturated rings. The quantitative estimate of drug-likeness (QED) is 0.0876. The van der Waals surface area contributed by atoms with Crippen LogP contribution in [0.15, 0.2) is 47.4 Å². The van der Waals surface area contributed by atoms with Crippen LogP contribution in [0.25, 0.3) is 10.8 Å². The van der Waals surface area contributed by atoms with Crippen LogP contribution in [0, 0.1) is 5.41 Å². The molecule has 0 bridgehead atoms. The Labute approximate surface area is 256 Å². The van der Waals surface area contributed by atoms with E-state index in [1.54, 1.807) is 23.1 Å². The molecule has 2 aromatic rings. The summed E-state index contributed by atoms with van der Waals surface area (Å²) in [4.78, 5) is 53.6. The van der Waals surface area contributed by atoms with Crippen LogP contribution in [-0.4, -0.2) is 98.8 Å². The summed E-state index contributed by atoms with van der Waals surface area (Å²) in [6, 6.07) is 9.71. The number of ether oxygens (including phenoxy) is 1. The SMILES string of the molecule is CC(=O)OCCNC(=O)CN(C(=O)[C@H](CC(=O)N[C@H]1CCCN(C(=N)N)C1)NS(=O)(=O)c1ccc2ccccc2c1)C1CC1. The Kier molecular flexibility index (Phi) is 10.8. The van der Waals surface area contributed by atoms with Crippen molar-refractivity contribution in [3.05, 3.63) is 42.5 Å². The van der Waals surface area contributed by atoms with E-state index >= 15 is 0 Å². The predicted molar refractivity (Wildman–Crippen MR) is 162 cm³/mol. The number of nitrogens with two attached hydrogens (primary N) is 1. The van der Waals surface area contributed by atoms with Crippen LogP contribution in [0.5, 0.6) is 0 Å². The van der Waals surface area contributed by atoms with Crippen LogP contribution in [0.3, 0.4) is 0 Å². The molecule has 238 valence electrons. The van der Waals surface area contributed by atoms with Gasteiger partial charge in [-0.15, -0.1) is 0 Å². The first-order valence-electron chi connectivity index (χ1n) is 14.5. The third-order valence-corrected chi connectivity index (χ3v) is 8.93. The van der Waals surface area contributed by atoms with Gasteiger partial charge < -0.3 is 30.9 Å². The van der Waals surface area contributed by atoms with Crippen LogP contribution in [0.1, 0.15) is 39.0 Å². The van der Waals surface area contributed by atoms with Crippen molar-refractivity contribution in [3.8, 4) is 0 Å². The minimum atomic E-state index is -4.27. The summed E-state index contributed by atoms with van der Waals surface area (Å²) in [6.07, 6.45) is 2.10. The van der Waals surface area contributed by atoms with Crippen LogP contribution in [-0.2, 0) is 33.9 Å². The van der Waals surface area contributed by atoms with Crippen molar-refractivity contribution in [2.75, 3.05) is 32.8 Å². The van der Waals surface area contributed by atoms with Crippen molar-refractivity contribution in [3.63, 3.8) is 0 Å². The molecular weight excluding hydrogens is 590 g/mol. The number of hydrogen-bond acceptors (Lipinski definition) is 8. The zero-order chi connectivity index (χ0) is 31.9. The highest BCUT2D eigenvalue weighted by Gasteiger charge is 2.39. The van der Waals surface area contributed by atoms with E-state index in [9.17, 15) is 27.6 Å². The number of sulfonamides is 1. The maximum Gasteiger partial charge on any atom is 0.302 e. The van der Waals surface area contributed by atoms with Crippen molar-refractivity contribution >= 4 is 50.4 Å². The topological polar surface area (TPSA) is 204 Å². The molecule has 0 unspecified atom stereocenters. The van der Waals surface area contributed by atoms with Crippen LogP contribution in [0.4, 0.5) is 0 Å². The number of amides is 3. The highest BCUT2D eigenvalue weighted by molar-refractivity contribution is 7.89. The maximum absolute atomic E-state index is 13.9. The Balaban J connectivity index is 1.52. The smallest absolute Gasteiger partial charge is 0.302 e. The molecule has 1 saturated heterocycles. The Bertz CT molecular complexity index is 1510. The van der Waals surface area contributed by atoms with Gasteiger partial charge in [0.05, 0.1) is 24.4 Å². The monoisotopic (exact) mass is 629 g/mol. The molecule has 4 rings (SSSR count). The zero-order valence-corrected chi connectivity index (χ0v) is 25.4. The number of nitrogens with one attached hydrogen (secondary N) is 4. The van der Waals surface area contributed by atoms with Gasteiger partial charge in [-0.25, -0.2) is 8.42 Å². The van der Waals surface area contributed by atoms with Crippen molar-refractivity contribution in [1.29, 1.82) is 5.41 Å². The molecule has 14 nitrogen and oxygen atoms in total. The third kappa shape index (κ3) is 9.13. The Morgan fingerprint density at radius 3 is 2.50 bits per heavy atom. The van der Waals surface area contributed by atoms with E-state index in [0.717, 1.165) is 5.39 Å². The lowest BCUT2D eigenvalue weighted by Crippen LogP contribution is -2.55. The number of carbonyl (C=O) groups excluding carboxylic acids is 4. The van der Waals surface area contributed by atoms with Crippen LogP contribution in [0.2, 0.25) is 0 Å². The molecule has 0 aromatic heterocycles. The Hall–Kier alpha value is -4.24. The second-order valence-electron chi connectivity index (χ2n) is 11.0. The van der Waals surface area contributed by atoms with Gasteiger partial charge in [-0.3, -0.25) is 24.6 Å². The number of hydrogen-bond donors (Lipinski definition) is 5. The molecule has 1 heterocycles.